The number of aromatic nitrogens is 4. The van der Waals surface area contributed by atoms with Gasteiger partial charge in [0.2, 0.25) is 0 Å². The van der Waals surface area contributed by atoms with Gasteiger partial charge in [0.25, 0.3) is 0 Å². The summed E-state index contributed by atoms with van der Waals surface area (Å²) in [6.07, 6.45) is 14.9. The Labute approximate surface area is 221 Å². The van der Waals surface area contributed by atoms with Crippen LogP contribution in [0.1, 0.15) is 24.1 Å². The van der Waals surface area contributed by atoms with Crippen molar-refractivity contribution in [3.63, 3.8) is 0 Å². The molecule has 0 spiro atoms. The fourth-order valence-electron chi connectivity index (χ4n) is 4.94. The summed E-state index contributed by atoms with van der Waals surface area (Å²) in [6, 6.07) is 11.9. The SMILES string of the molecule is C#Cc1ccc(OC2CN(c3ccc(-c4cc(OCCN5CCCC5)cn5ncc(C#N)c45)cn3)C2)cn1. The molecule has 0 bridgehead atoms. The van der Waals surface area contributed by atoms with E-state index in [9.17, 15) is 5.26 Å². The molecular weight excluding hydrogens is 478 g/mol. The van der Waals surface area contributed by atoms with E-state index >= 15 is 0 Å². The molecule has 2 fully saturated rings. The number of hydrogen-bond acceptors (Lipinski definition) is 8. The van der Waals surface area contributed by atoms with Gasteiger partial charge in [-0.25, -0.2) is 14.5 Å². The highest BCUT2D eigenvalue weighted by atomic mass is 16.5. The molecule has 9 heteroatoms. The van der Waals surface area contributed by atoms with Crippen LogP contribution >= 0.6 is 0 Å². The molecule has 0 unspecified atom stereocenters. The number of pyridine rings is 3. The number of rotatable bonds is 8. The second-order valence-electron chi connectivity index (χ2n) is 9.52. The van der Waals surface area contributed by atoms with E-state index in [0.717, 1.165) is 60.9 Å². The standard InChI is InChI=1S/C29H27N7O2/c1-2-23-6-7-24(17-31-23)38-26-18-35(19-26)28-8-5-21(15-32-28)27-13-25(37-12-11-34-9-3-4-10-34)20-36-29(27)22(14-30)16-33-36/h1,5-8,13,15-17,20,26H,3-4,9-12,18-19H2. The number of nitrogens with zero attached hydrogens (tertiary/aromatic N) is 7. The van der Waals surface area contributed by atoms with Crippen molar-refractivity contribution in [2.45, 2.75) is 18.9 Å². The number of ether oxygens (including phenoxy) is 2. The molecule has 2 aliphatic heterocycles. The summed E-state index contributed by atoms with van der Waals surface area (Å²) in [4.78, 5) is 13.5. The lowest BCUT2D eigenvalue weighted by molar-refractivity contribution is 0.166. The van der Waals surface area contributed by atoms with E-state index < -0.39 is 0 Å². The van der Waals surface area contributed by atoms with Crippen molar-refractivity contribution in [1.29, 1.82) is 5.26 Å². The van der Waals surface area contributed by atoms with Crippen molar-refractivity contribution >= 4 is 11.3 Å². The number of terminal acetylenes is 1. The van der Waals surface area contributed by atoms with Crippen LogP contribution in [0.4, 0.5) is 5.82 Å². The number of anilines is 1. The molecule has 2 aliphatic rings. The smallest absolute Gasteiger partial charge is 0.138 e. The normalized spacial score (nSPS) is 15.7. The lowest BCUT2D eigenvalue weighted by Gasteiger charge is -2.39. The second-order valence-corrected chi connectivity index (χ2v) is 9.52. The molecular formula is C29H27N7O2. The molecule has 4 aromatic rings. The van der Waals surface area contributed by atoms with Gasteiger partial charge in [-0.2, -0.15) is 10.4 Å². The van der Waals surface area contributed by atoms with Crippen molar-refractivity contribution in [2.24, 2.45) is 0 Å². The Hall–Kier alpha value is -4.60. The maximum Gasteiger partial charge on any atom is 0.138 e. The molecule has 4 aromatic heterocycles. The van der Waals surface area contributed by atoms with Gasteiger partial charge in [-0.1, -0.05) is 5.92 Å². The number of nitriles is 1. The molecule has 0 aromatic carbocycles. The summed E-state index contributed by atoms with van der Waals surface area (Å²) in [5.74, 6) is 4.80. The molecule has 190 valence electrons. The highest BCUT2D eigenvalue weighted by Crippen LogP contribution is 2.32. The van der Waals surface area contributed by atoms with Crippen LogP contribution in [-0.4, -0.2) is 69.9 Å². The van der Waals surface area contributed by atoms with Crippen LogP contribution in [0.15, 0.2) is 55.1 Å². The van der Waals surface area contributed by atoms with Gasteiger partial charge in [0.15, 0.2) is 0 Å². The average Bonchev–Trinajstić information content (AvgIpc) is 3.60. The van der Waals surface area contributed by atoms with Gasteiger partial charge < -0.3 is 14.4 Å². The fraction of sp³-hybridized carbons (Fsp3) is 0.310. The minimum absolute atomic E-state index is 0.0638. The molecule has 0 aliphatic carbocycles. The maximum absolute atomic E-state index is 9.65. The summed E-state index contributed by atoms with van der Waals surface area (Å²) in [5, 5.41) is 14.0. The van der Waals surface area contributed by atoms with Gasteiger partial charge in [-0.3, -0.25) is 4.90 Å². The molecule has 6 rings (SSSR count). The van der Waals surface area contributed by atoms with E-state index in [4.69, 9.17) is 20.9 Å². The van der Waals surface area contributed by atoms with E-state index in [1.54, 1.807) is 23.0 Å². The van der Waals surface area contributed by atoms with Crippen LogP contribution in [0.25, 0.3) is 16.6 Å². The van der Waals surface area contributed by atoms with Gasteiger partial charge in [-0.05, 0) is 56.3 Å². The summed E-state index contributed by atoms with van der Waals surface area (Å²) in [7, 11) is 0. The second kappa shape index (κ2) is 10.4. The highest BCUT2D eigenvalue weighted by molar-refractivity contribution is 5.85. The molecule has 0 saturated carbocycles. The third-order valence-electron chi connectivity index (χ3n) is 7.00. The zero-order chi connectivity index (χ0) is 25.9. The van der Waals surface area contributed by atoms with Crippen molar-refractivity contribution < 1.29 is 9.47 Å². The van der Waals surface area contributed by atoms with Gasteiger partial charge in [-0.15, -0.1) is 6.42 Å². The van der Waals surface area contributed by atoms with Crippen molar-refractivity contribution in [1.82, 2.24) is 24.5 Å². The lowest BCUT2D eigenvalue weighted by Crippen LogP contribution is -2.54. The van der Waals surface area contributed by atoms with Crippen molar-refractivity contribution in [3.8, 4) is 41.0 Å². The van der Waals surface area contributed by atoms with E-state index in [-0.39, 0.29) is 6.10 Å². The summed E-state index contributed by atoms with van der Waals surface area (Å²) in [6.45, 7) is 5.24. The zero-order valence-corrected chi connectivity index (χ0v) is 21.0. The Bertz CT molecular complexity index is 1500. The first-order valence-electron chi connectivity index (χ1n) is 12.8. The van der Waals surface area contributed by atoms with Gasteiger partial charge in [0.05, 0.1) is 42.8 Å². The number of fused-ring (bicyclic) bond motifs is 1. The summed E-state index contributed by atoms with van der Waals surface area (Å²) in [5.41, 5.74) is 3.61. The number of likely N-dealkylation sites (tertiary alicyclic amines) is 1. The van der Waals surface area contributed by atoms with Crippen molar-refractivity contribution in [2.75, 3.05) is 44.2 Å². The molecule has 2 saturated heterocycles. The van der Waals surface area contributed by atoms with E-state index in [1.165, 1.54) is 12.8 Å². The predicted molar refractivity (Wildman–Crippen MR) is 143 cm³/mol. The lowest BCUT2D eigenvalue weighted by atomic mass is 10.0. The molecule has 9 nitrogen and oxygen atoms in total. The average molecular weight is 506 g/mol. The maximum atomic E-state index is 9.65. The van der Waals surface area contributed by atoms with Crippen LogP contribution in [0.2, 0.25) is 0 Å². The van der Waals surface area contributed by atoms with Crippen molar-refractivity contribution in [3.05, 3.63) is 66.4 Å². The fourth-order valence-corrected chi connectivity index (χ4v) is 4.94. The monoisotopic (exact) mass is 505 g/mol. The van der Waals surface area contributed by atoms with Crippen LogP contribution in [-0.2, 0) is 0 Å². The van der Waals surface area contributed by atoms with E-state index in [1.807, 2.05) is 36.7 Å². The highest BCUT2D eigenvalue weighted by Gasteiger charge is 2.29. The van der Waals surface area contributed by atoms with E-state index in [2.05, 4.69) is 31.9 Å². The molecule has 0 N–H and O–H groups in total. The predicted octanol–water partition coefficient (Wildman–Crippen LogP) is 3.39. The topological polar surface area (TPSA) is 91.8 Å². The van der Waals surface area contributed by atoms with Crippen LogP contribution in [0.3, 0.4) is 0 Å². The summed E-state index contributed by atoms with van der Waals surface area (Å²) >= 11 is 0. The quantitative estimate of drug-likeness (QED) is 0.337. The minimum atomic E-state index is 0.0638. The Morgan fingerprint density at radius 3 is 2.61 bits per heavy atom. The Morgan fingerprint density at radius 2 is 1.89 bits per heavy atom. The first-order valence-corrected chi connectivity index (χ1v) is 12.8. The van der Waals surface area contributed by atoms with Gasteiger partial charge in [0.1, 0.15) is 41.8 Å². The molecule has 0 amide bonds. The Morgan fingerprint density at radius 1 is 1.03 bits per heavy atom. The van der Waals surface area contributed by atoms with Gasteiger partial charge in [0, 0.05) is 23.9 Å². The first-order chi connectivity index (χ1) is 18.7. The van der Waals surface area contributed by atoms with E-state index in [0.29, 0.717) is 23.6 Å². The van der Waals surface area contributed by atoms with Gasteiger partial charge >= 0.3 is 0 Å². The van der Waals surface area contributed by atoms with Crippen LogP contribution in [0, 0.1) is 23.7 Å². The molecule has 0 radical (unpaired) electrons. The molecule has 38 heavy (non-hydrogen) atoms. The Balaban J connectivity index is 1.15. The minimum Gasteiger partial charge on any atom is -0.491 e. The first kappa shape index (κ1) is 23.8. The number of hydrogen-bond donors (Lipinski definition) is 0. The van der Waals surface area contributed by atoms with Crippen LogP contribution < -0.4 is 14.4 Å². The summed E-state index contributed by atoms with van der Waals surface area (Å²) < 4.78 is 13.8. The largest absolute Gasteiger partial charge is 0.491 e. The van der Waals surface area contributed by atoms with Crippen LogP contribution in [0.5, 0.6) is 11.5 Å². The zero-order valence-electron chi connectivity index (χ0n) is 21.0. The third-order valence-corrected chi connectivity index (χ3v) is 7.00. The molecule has 6 heterocycles. The third kappa shape index (κ3) is 4.84. The molecule has 0 atom stereocenters. The Kier molecular flexibility index (Phi) is 6.51.